The Bertz CT molecular complexity index is 508. The van der Waals surface area contributed by atoms with E-state index in [4.69, 9.17) is 5.73 Å². The van der Waals surface area contributed by atoms with E-state index in [9.17, 15) is 0 Å². The van der Waals surface area contributed by atoms with Crippen molar-refractivity contribution in [2.45, 2.75) is 26.8 Å². The molecular formula is C11H15N5S. The lowest BCUT2D eigenvalue weighted by Crippen LogP contribution is -2.06. The Morgan fingerprint density at radius 2 is 2.24 bits per heavy atom. The summed E-state index contributed by atoms with van der Waals surface area (Å²) in [6.45, 7) is 4.72. The van der Waals surface area contributed by atoms with Crippen molar-refractivity contribution in [1.29, 1.82) is 0 Å². The maximum absolute atomic E-state index is 5.71. The van der Waals surface area contributed by atoms with Crippen LogP contribution in [0.1, 0.15) is 23.3 Å². The van der Waals surface area contributed by atoms with Gasteiger partial charge in [0.05, 0.1) is 17.7 Å². The van der Waals surface area contributed by atoms with Crippen LogP contribution in [0.3, 0.4) is 0 Å². The highest BCUT2D eigenvalue weighted by Gasteiger charge is 2.04. The second-order valence-electron chi connectivity index (χ2n) is 3.66. The summed E-state index contributed by atoms with van der Waals surface area (Å²) in [5, 5.41) is 3.24. The molecule has 0 atom stereocenters. The third-order valence-electron chi connectivity index (χ3n) is 2.38. The van der Waals surface area contributed by atoms with Crippen LogP contribution in [0.4, 0.5) is 11.6 Å². The maximum atomic E-state index is 5.71. The Kier molecular flexibility index (Phi) is 3.53. The maximum Gasteiger partial charge on any atom is 0.132 e. The van der Waals surface area contributed by atoms with Gasteiger partial charge in [-0.15, -0.1) is 11.3 Å². The smallest absolute Gasteiger partial charge is 0.132 e. The van der Waals surface area contributed by atoms with Crippen LogP contribution in [0.5, 0.6) is 0 Å². The number of nitrogen functional groups attached to an aromatic ring is 1. The number of nitrogens with one attached hydrogen (secondary N) is 1. The SMILES string of the molecule is CCc1nc(N)cc(NCc2scnc2C)n1. The lowest BCUT2D eigenvalue weighted by molar-refractivity contribution is 0.938. The molecule has 90 valence electrons. The molecule has 0 aliphatic carbocycles. The van der Waals surface area contributed by atoms with E-state index in [-0.39, 0.29) is 0 Å². The number of aryl methyl sites for hydroxylation is 2. The van der Waals surface area contributed by atoms with Gasteiger partial charge in [0.1, 0.15) is 17.5 Å². The molecule has 0 saturated carbocycles. The van der Waals surface area contributed by atoms with Crippen LogP contribution < -0.4 is 11.1 Å². The first-order valence-corrected chi connectivity index (χ1v) is 6.33. The van der Waals surface area contributed by atoms with Gasteiger partial charge in [-0.05, 0) is 6.92 Å². The summed E-state index contributed by atoms with van der Waals surface area (Å²) in [6, 6.07) is 1.75. The largest absolute Gasteiger partial charge is 0.384 e. The van der Waals surface area contributed by atoms with Crippen molar-refractivity contribution in [3.05, 3.63) is 28.0 Å². The Labute approximate surface area is 104 Å². The van der Waals surface area contributed by atoms with Gasteiger partial charge in [-0.1, -0.05) is 6.92 Å². The number of nitrogens with two attached hydrogens (primary N) is 1. The molecule has 17 heavy (non-hydrogen) atoms. The predicted octanol–water partition coefficient (Wildman–Crippen LogP) is 2.00. The molecule has 0 spiro atoms. The number of hydrogen-bond acceptors (Lipinski definition) is 6. The number of nitrogens with zero attached hydrogens (tertiary/aromatic N) is 3. The second-order valence-corrected chi connectivity index (χ2v) is 4.60. The Balaban J connectivity index is 2.09. The minimum absolute atomic E-state index is 0.500. The number of hydrogen-bond donors (Lipinski definition) is 2. The van der Waals surface area contributed by atoms with Crippen molar-refractivity contribution in [3.63, 3.8) is 0 Å². The molecule has 0 amide bonds. The lowest BCUT2D eigenvalue weighted by atomic mass is 10.4. The summed E-state index contributed by atoms with van der Waals surface area (Å²) in [4.78, 5) is 13.9. The van der Waals surface area contributed by atoms with Crippen molar-refractivity contribution < 1.29 is 0 Å². The average Bonchev–Trinajstić information content (AvgIpc) is 2.71. The first-order chi connectivity index (χ1) is 8.19. The highest BCUT2D eigenvalue weighted by Crippen LogP contribution is 2.15. The molecule has 0 aromatic carbocycles. The van der Waals surface area contributed by atoms with E-state index >= 15 is 0 Å². The van der Waals surface area contributed by atoms with Crippen LogP contribution in [-0.4, -0.2) is 15.0 Å². The first-order valence-electron chi connectivity index (χ1n) is 5.45. The fourth-order valence-corrected chi connectivity index (χ4v) is 2.15. The second kappa shape index (κ2) is 5.09. The highest BCUT2D eigenvalue weighted by atomic mass is 32.1. The van der Waals surface area contributed by atoms with E-state index in [0.29, 0.717) is 5.82 Å². The minimum atomic E-state index is 0.500. The van der Waals surface area contributed by atoms with Crippen molar-refractivity contribution in [2.75, 3.05) is 11.1 Å². The van der Waals surface area contributed by atoms with E-state index in [1.54, 1.807) is 17.4 Å². The van der Waals surface area contributed by atoms with Gasteiger partial charge in [0, 0.05) is 17.4 Å². The Morgan fingerprint density at radius 1 is 1.41 bits per heavy atom. The summed E-state index contributed by atoms with van der Waals surface area (Å²) in [6.07, 6.45) is 0.777. The zero-order chi connectivity index (χ0) is 12.3. The van der Waals surface area contributed by atoms with E-state index in [0.717, 1.165) is 30.3 Å². The predicted molar refractivity (Wildman–Crippen MR) is 70.0 cm³/mol. The van der Waals surface area contributed by atoms with E-state index in [1.165, 1.54) is 4.88 Å². The molecule has 0 aliphatic heterocycles. The van der Waals surface area contributed by atoms with Gasteiger partial charge in [0.25, 0.3) is 0 Å². The van der Waals surface area contributed by atoms with E-state index in [1.807, 2.05) is 19.4 Å². The van der Waals surface area contributed by atoms with Gasteiger partial charge in [0.15, 0.2) is 0 Å². The van der Waals surface area contributed by atoms with Crippen molar-refractivity contribution in [1.82, 2.24) is 15.0 Å². The van der Waals surface area contributed by atoms with Crippen LogP contribution in [0.15, 0.2) is 11.6 Å². The quantitative estimate of drug-likeness (QED) is 0.866. The zero-order valence-corrected chi connectivity index (χ0v) is 10.7. The van der Waals surface area contributed by atoms with Gasteiger partial charge in [-0.2, -0.15) is 0 Å². The van der Waals surface area contributed by atoms with Gasteiger partial charge >= 0.3 is 0 Å². The van der Waals surface area contributed by atoms with Gasteiger partial charge in [-0.3, -0.25) is 0 Å². The number of thiazole rings is 1. The standard InChI is InChI=1S/C11H15N5S/c1-3-10-15-9(12)4-11(16-10)13-5-8-7(2)14-6-17-8/h4,6H,3,5H2,1-2H3,(H3,12,13,15,16). The Hall–Kier alpha value is -1.69. The number of aromatic nitrogens is 3. The normalized spacial score (nSPS) is 10.5. The van der Waals surface area contributed by atoms with Crippen molar-refractivity contribution >= 4 is 23.0 Å². The molecule has 0 radical (unpaired) electrons. The summed E-state index contributed by atoms with van der Waals surface area (Å²) in [5.74, 6) is 2.02. The average molecular weight is 249 g/mol. The molecule has 0 unspecified atom stereocenters. The van der Waals surface area contributed by atoms with Crippen LogP contribution in [0.25, 0.3) is 0 Å². The van der Waals surface area contributed by atoms with Crippen LogP contribution in [-0.2, 0) is 13.0 Å². The van der Waals surface area contributed by atoms with Crippen molar-refractivity contribution in [2.24, 2.45) is 0 Å². The molecule has 2 aromatic rings. The lowest BCUT2D eigenvalue weighted by Gasteiger charge is -2.06. The molecule has 3 N–H and O–H groups in total. The molecule has 0 aliphatic rings. The van der Waals surface area contributed by atoms with Gasteiger partial charge < -0.3 is 11.1 Å². The monoisotopic (exact) mass is 249 g/mol. The zero-order valence-electron chi connectivity index (χ0n) is 9.90. The van der Waals surface area contributed by atoms with E-state index in [2.05, 4.69) is 20.3 Å². The molecule has 2 rings (SSSR count). The van der Waals surface area contributed by atoms with Gasteiger partial charge in [0.2, 0.25) is 0 Å². The summed E-state index contributed by atoms with van der Waals surface area (Å²) < 4.78 is 0. The molecular weight excluding hydrogens is 234 g/mol. The van der Waals surface area contributed by atoms with Crippen LogP contribution >= 0.6 is 11.3 Å². The Morgan fingerprint density at radius 3 is 2.88 bits per heavy atom. The number of rotatable bonds is 4. The summed E-state index contributed by atoms with van der Waals surface area (Å²) in [7, 11) is 0. The van der Waals surface area contributed by atoms with Gasteiger partial charge in [-0.25, -0.2) is 15.0 Å². The molecule has 0 fully saturated rings. The summed E-state index contributed by atoms with van der Waals surface area (Å²) >= 11 is 1.63. The minimum Gasteiger partial charge on any atom is -0.384 e. The van der Waals surface area contributed by atoms with Crippen LogP contribution in [0, 0.1) is 6.92 Å². The van der Waals surface area contributed by atoms with Crippen LogP contribution in [0.2, 0.25) is 0 Å². The third kappa shape index (κ3) is 2.91. The van der Waals surface area contributed by atoms with E-state index < -0.39 is 0 Å². The first kappa shape index (κ1) is 11.8. The molecule has 5 nitrogen and oxygen atoms in total. The molecule has 0 saturated heterocycles. The highest BCUT2D eigenvalue weighted by molar-refractivity contribution is 7.09. The molecule has 0 bridgehead atoms. The summed E-state index contributed by atoms with van der Waals surface area (Å²) in [5.41, 5.74) is 8.61. The molecule has 2 heterocycles. The fourth-order valence-electron chi connectivity index (χ4n) is 1.43. The van der Waals surface area contributed by atoms with Crippen molar-refractivity contribution in [3.8, 4) is 0 Å². The fraction of sp³-hybridized carbons (Fsp3) is 0.364. The third-order valence-corrected chi connectivity index (χ3v) is 3.32. The molecule has 6 heteroatoms. The number of anilines is 2. The topological polar surface area (TPSA) is 76.7 Å². The molecule has 2 aromatic heterocycles.